The van der Waals surface area contributed by atoms with E-state index in [0.29, 0.717) is 5.13 Å². The summed E-state index contributed by atoms with van der Waals surface area (Å²) in [4.78, 5) is 25.6. The van der Waals surface area contributed by atoms with Crippen molar-refractivity contribution in [2.75, 3.05) is 5.32 Å². The van der Waals surface area contributed by atoms with Gasteiger partial charge in [0.05, 0.1) is 21.9 Å². The van der Waals surface area contributed by atoms with E-state index in [1.54, 1.807) is 0 Å². The topological polar surface area (TPSA) is 105 Å². The van der Waals surface area contributed by atoms with E-state index in [-0.39, 0.29) is 22.9 Å². The van der Waals surface area contributed by atoms with Crippen molar-refractivity contribution in [1.29, 1.82) is 0 Å². The van der Waals surface area contributed by atoms with E-state index in [0.717, 1.165) is 11.8 Å². The first-order valence-electron chi connectivity index (χ1n) is 6.12. The lowest BCUT2D eigenvalue weighted by atomic mass is 10.1. The number of hydrogen-bond donors (Lipinski definition) is 2. The molecular weight excluding hydrogens is 294 g/mol. The van der Waals surface area contributed by atoms with Gasteiger partial charge in [0, 0.05) is 17.5 Å². The summed E-state index contributed by atoms with van der Waals surface area (Å²) >= 11 is 1.35. The second kappa shape index (κ2) is 5.88. The number of carboxylic acid groups (broad SMARTS) is 1. The van der Waals surface area contributed by atoms with Gasteiger partial charge in [0.25, 0.3) is 5.69 Å². The SMILES string of the molecule is CC(C)c1csc(Nc2ccc([N+](=O)[O-])cc2C(=O)O)n1. The molecule has 1 aromatic heterocycles. The fourth-order valence-electron chi connectivity index (χ4n) is 1.66. The van der Waals surface area contributed by atoms with Gasteiger partial charge >= 0.3 is 5.97 Å². The predicted octanol–water partition coefficient (Wildman–Crippen LogP) is 3.62. The second-order valence-corrected chi connectivity index (χ2v) is 5.51. The number of nitrogens with one attached hydrogen (secondary N) is 1. The smallest absolute Gasteiger partial charge is 0.338 e. The Kier molecular flexibility index (Phi) is 4.18. The van der Waals surface area contributed by atoms with Gasteiger partial charge in [-0.1, -0.05) is 13.8 Å². The van der Waals surface area contributed by atoms with E-state index >= 15 is 0 Å². The maximum Gasteiger partial charge on any atom is 0.338 e. The van der Waals surface area contributed by atoms with Crippen molar-refractivity contribution in [3.63, 3.8) is 0 Å². The zero-order valence-electron chi connectivity index (χ0n) is 11.4. The van der Waals surface area contributed by atoms with Crippen molar-refractivity contribution in [3.05, 3.63) is 45.0 Å². The number of nitro groups is 1. The summed E-state index contributed by atoms with van der Waals surface area (Å²) in [5.41, 5.74) is 0.754. The molecule has 2 rings (SSSR count). The molecule has 0 unspecified atom stereocenters. The van der Waals surface area contributed by atoms with Crippen molar-refractivity contribution in [2.45, 2.75) is 19.8 Å². The van der Waals surface area contributed by atoms with Gasteiger partial charge in [-0.3, -0.25) is 10.1 Å². The minimum Gasteiger partial charge on any atom is -0.478 e. The Labute approximate surface area is 124 Å². The zero-order valence-corrected chi connectivity index (χ0v) is 12.2. The maximum atomic E-state index is 11.2. The molecular formula is C13H13N3O4S. The lowest BCUT2D eigenvalue weighted by molar-refractivity contribution is -0.384. The first-order valence-corrected chi connectivity index (χ1v) is 7.00. The Balaban J connectivity index is 2.34. The lowest BCUT2D eigenvalue weighted by Crippen LogP contribution is -2.04. The quantitative estimate of drug-likeness (QED) is 0.645. The van der Waals surface area contributed by atoms with E-state index in [1.165, 1.54) is 23.5 Å². The van der Waals surface area contributed by atoms with Gasteiger partial charge in [0.15, 0.2) is 5.13 Å². The van der Waals surface area contributed by atoms with Crippen LogP contribution in [0.4, 0.5) is 16.5 Å². The Morgan fingerprint density at radius 1 is 1.48 bits per heavy atom. The molecule has 0 aliphatic rings. The molecule has 0 bridgehead atoms. The van der Waals surface area contributed by atoms with Gasteiger partial charge in [-0.2, -0.15) is 0 Å². The van der Waals surface area contributed by atoms with Crippen molar-refractivity contribution < 1.29 is 14.8 Å². The average Bonchev–Trinajstić information content (AvgIpc) is 2.87. The van der Waals surface area contributed by atoms with Gasteiger partial charge in [-0.05, 0) is 12.0 Å². The number of nitrogens with zero attached hydrogens (tertiary/aromatic N) is 2. The normalized spacial score (nSPS) is 10.6. The molecule has 0 atom stereocenters. The van der Waals surface area contributed by atoms with Crippen LogP contribution in [0.3, 0.4) is 0 Å². The van der Waals surface area contributed by atoms with E-state index in [1.807, 2.05) is 19.2 Å². The molecule has 0 fully saturated rings. The van der Waals surface area contributed by atoms with Gasteiger partial charge in [0.1, 0.15) is 0 Å². The van der Waals surface area contributed by atoms with E-state index in [2.05, 4.69) is 10.3 Å². The number of thiazole rings is 1. The molecule has 0 radical (unpaired) electrons. The lowest BCUT2D eigenvalue weighted by Gasteiger charge is -2.06. The molecule has 1 aromatic carbocycles. The largest absolute Gasteiger partial charge is 0.478 e. The Morgan fingerprint density at radius 3 is 2.71 bits per heavy atom. The number of non-ortho nitro benzene ring substituents is 1. The number of aromatic carboxylic acids is 1. The van der Waals surface area contributed by atoms with Crippen LogP contribution >= 0.6 is 11.3 Å². The number of hydrogen-bond acceptors (Lipinski definition) is 6. The monoisotopic (exact) mass is 307 g/mol. The zero-order chi connectivity index (χ0) is 15.6. The average molecular weight is 307 g/mol. The number of benzene rings is 1. The molecule has 0 spiro atoms. The highest BCUT2D eigenvalue weighted by Crippen LogP contribution is 2.28. The highest BCUT2D eigenvalue weighted by Gasteiger charge is 2.17. The molecule has 0 saturated heterocycles. The van der Waals surface area contributed by atoms with Crippen LogP contribution in [0, 0.1) is 10.1 Å². The number of carboxylic acids is 1. The van der Waals surface area contributed by atoms with Crippen LogP contribution in [0.1, 0.15) is 35.8 Å². The van der Waals surface area contributed by atoms with Crippen LogP contribution in [0.25, 0.3) is 0 Å². The van der Waals surface area contributed by atoms with E-state index < -0.39 is 10.9 Å². The fraction of sp³-hybridized carbons (Fsp3) is 0.231. The van der Waals surface area contributed by atoms with Crippen LogP contribution < -0.4 is 5.32 Å². The molecule has 1 heterocycles. The molecule has 0 saturated carbocycles. The third kappa shape index (κ3) is 3.34. The summed E-state index contributed by atoms with van der Waals surface area (Å²) in [6.07, 6.45) is 0. The number of carbonyl (C=O) groups is 1. The van der Waals surface area contributed by atoms with Crippen LogP contribution in [0.2, 0.25) is 0 Å². The van der Waals surface area contributed by atoms with E-state index in [9.17, 15) is 14.9 Å². The minimum absolute atomic E-state index is 0.162. The fourth-order valence-corrected chi connectivity index (χ4v) is 2.54. The highest BCUT2D eigenvalue weighted by molar-refractivity contribution is 7.13. The predicted molar refractivity (Wildman–Crippen MR) is 79.5 cm³/mol. The van der Waals surface area contributed by atoms with Crippen LogP contribution in [0.15, 0.2) is 23.6 Å². The minimum atomic E-state index is -1.23. The van der Waals surface area contributed by atoms with E-state index in [4.69, 9.17) is 5.11 Å². The molecule has 2 aromatic rings. The van der Waals surface area contributed by atoms with Crippen molar-refractivity contribution in [3.8, 4) is 0 Å². The van der Waals surface area contributed by atoms with Gasteiger partial charge in [-0.15, -0.1) is 11.3 Å². The summed E-state index contributed by atoms with van der Waals surface area (Å²) in [7, 11) is 0. The molecule has 0 aliphatic heterocycles. The van der Waals surface area contributed by atoms with Crippen LogP contribution in [0.5, 0.6) is 0 Å². The summed E-state index contributed by atoms with van der Waals surface area (Å²) in [6, 6.07) is 3.66. The molecule has 7 nitrogen and oxygen atoms in total. The molecule has 110 valence electrons. The maximum absolute atomic E-state index is 11.2. The van der Waals surface area contributed by atoms with Crippen molar-refractivity contribution in [2.24, 2.45) is 0 Å². The summed E-state index contributed by atoms with van der Waals surface area (Å²) in [6.45, 7) is 4.01. The van der Waals surface area contributed by atoms with Crippen molar-refractivity contribution in [1.82, 2.24) is 4.98 Å². The Morgan fingerprint density at radius 2 is 2.19 bits per heavy atom. The number of anilines is 2. The van der Waals surface area contributed by atoms with Gasteiger partial charge in [0.2, 0.25) is 0 Å². The molecule has 21 heavy (non-hydrogen) atoms. The van der Waals surface area contributed by atoms with Crippen LogP contribution in [-0.2, 0) is 0 Å². The molecule has 0 aliphatic carbocycles. The summed E-state index contributed by atoms with van der Waals surface area (Å²) < 4.78 is 0. The number of rotatable bonds is 5. The standard InChI is InChI=1S/C13H13N3O4S/c1-7(2)11-6-21-13(15-11)14-10-4-3-8(16(19)20)5-9(10)12(17)18/h3-7H,1-2H3,(H,14,15)(H,17,18). The van der Waals surface area contributed by atoms with Gasteiger partial charge in [-0.25, -0.2) is 9.78 Å². The Bertz CT molecular complexity index is 696. The van der Waals surface area contributed by atoms with Crippen LogP contribution in [-0.4, -0.2) is 21.0 Å². The first kappa shape index (κ1) is 14.9. The Hall–Kier alpha value is -2.48. The number of nitro benzene ring substituents is 1. The molecule has 8 heteroatoms. The highest BCUT2D eigenvalue weighted by atomic mass is 32.1. The molecule has 0 amide bonds. The van der Waals surface area contributed by atoms with Crippen molar-refractivity contribution >= 4 is 33.8 Å². The first-order chi connectivity index (χ1) is 9.88. The van der Waals surface area contributed by atoms with Gasteiger partial charge < -0.3 is 10.4 Å². The third-order valence-electron chi connectivity index (χ3n) is 2.80. The summed E-state index contributed by atoms with van der Waals surface area (Å²) in [5.74, 6) is -0.963. The molecule has 2 N–H and O–H groups in total. The number of aromatic nitrogens is 1. The second-order valence-electron chi connectivity index (χ2n) is 4.65. The third-order valence-corrected chi connectivity index (χ3v) is 3.58. The summed E-state index contributed by atoms with van der Waals surface area (Å²) in [5, 5.41) is 25.2.